The quantitative estimate of drug-likeness (QED) is 0.100. The number of hydrogen-bond donors (Lipinski definition) is 7. The second-order valence-corrected chi connectivity index (χ2v) is 11.1. The highest BCUT2D eigenvalue weighted by molar-refractivity contribution is 8.76. The van der Waals surface area contributed by atoms with Crippen molar-refractivity contribution in [2.45, 2.75) is 24.9 Å². The topological polar surface area (TPSA) is 219 Å². The fourth-order valence-corrected chi connectivity index (χ4v) is 5.64. The Kier molecular flexibility index (Phi) is 11.6. The number of aliphatic carboxylic acids is 2. The van der Waals surface area contributed by atoms with Crippen LogP contribution in [0, 0.1) is 0 Å². The van der Waals surface area contributed by atoms with Gasteiger partial charge in [0.25, 0.3) is 0 Å². The summed E-state index contributed by atoms with van der Waals surface area (Å²) in [4.78, 5) is 58.5. The first-order valence-corrected chi connectivity index (χ1v) is 13.1. The molecule has 0 aromatic rings. The third-order valence-electron chi connectivity index (χ3n) is 2.84. The van der Waals surface area contributed by atoms with Crippen molar-refractivity contribution in [3.63, 3.8) is 0 Å². The van der Waals surface area contributed by atoms with E-state index in [0.717, 1.165) is 0 Å². The molecule has 0 amide bonds. The summed E-state index contributed by atoms with van der Waals surface area (Å²) >= 11 is 0. The normalized spacial score (nSPS) is 15.0. The summed E-state index contributed by atoms with van der Waals surface area (Å²) in [5, 5.41) is 17.9. The maximum absolute atomic E-state index is 11.4. The van der Waals surface area contributed by atoms with Crippen molar-refractivity contribution in [2.24, 2.45) is 5.73 Å². The Morgan fingerprint density at radius 3 is 1.65 bits per heavy atom. The maximum Gasteiger partial charge on any atom is 0.339 e. The van der Waals surface area contributed by atoms with E-state index in [1.54, 1.807) is 0 Å². The van der Waals surface area contributed by atoms with E-state index in [1.807, 2.05) is 0 Å². The molecule has 0 aromatic carbocycles. The number of carbonyl (C=O) groups is 2. The van der Waals surface area contributed by atoms with E-state index in [-0.39, 0.29) is 18.6 Å². The molecule has 154 valence electrons. The van der Waals surface area contributed by atoms with Crippen LogP contribution in [0.15, 0.2) is 0 Å². The molecule has 0 saturated heterocycles. The van der Waals surface area contributed by atoms with Gasteiger partial charge in [0, 0.05) is 11.5 Å². The van der Waals surface area contributed by atoms with E-state index in [2.05, 4.69) is 0 Å². The van der Waals surface area contributed by atoms with Gasteiger partial charge in [-0.1, -0.05) is 21.6 Å². The van der Waals surface area contributed by atoms with Crippen LogP contribution in [0.5, 0.6) is 0 Å². The summed E-state index contributed by atoms with van der Waals surface area (Å²) in [5.74, 6) is -2.01. The number of rotatable bonds is 14. The fraction of sp³-hybridized carbons (Fsp3) is 0.800. The van der Waals surface area contributed by atoms with Crippen molar-refractivity contribution in [2.75, 3.05) is 24.1 Å². The van der Waals surface area contributed by atoms with Crippen LogP contribution in [0.3, 0.4) is 0 Å². The number of carboxylic acids is 2. The van der Waals surface area contributed by atoms with E-state index in [4.69, 9.17) is 30.4 Å². The molecule has 16 heteroatoms. The van der Waals surface area contributed by atoms with Crippen molar-refractivity contribution < 1.29 is 48.5 Å². The molecule has 0 spiro atoms. The Balaban J connectivity index is 4.66. The van der Waals surface area contributed by atoms with Crippen LogP contribution < -0.4 is 5.73 Å². The lowest BCUT2D eigenvalue weighted by atomic mass is 10.2. The molecule has 0 unspecified atom stereocenters. The van der Waals surface area contributed by atoms with Crippen LogP contribution >= 0.6 is 36.8 Å². The first-order chi connectivity index (χ1) is 11.7. The van der Waals surface area contributed by atoms with E-state index in [0.29, 0.717) is 10.7 Å². The predicted octanol–water partition coefficient (Wildman–Crippen LogP) is -0.415. The van der Waals surface area contributed by atoms with Crippen LogP contribution in [0.1, 0.15) is 12.8 Å². The maximum atomic E-state index is 11.4. The zero-order chi connectivity index (χ0) is 20.5. The lowest BCUT2D eigenvalue weighted by Gasteiger charge is -2.28. The fourth-order valence-electron chi connectivity index (χ4n) is 1.75. The molecule has 0 saturated carbocycles. The lowest BCUT2D eigenvalue weighted by molar-refractivity contribution is -0.142. The third kappa shape index (κ3) is 13.1. The second-order valence-electron chi connectivity index (χ2n) is 5.22. The molecular weight excluding hydrogens is 434 g/mol. The Labute approximate surface area is 157 Å². The minimum Gasteiger partial charge on any atom is -0.480 e. The number of nitrogens with two attached hydrogens (primary N) is 1. The molecule has 0 heterocycles. The highest BCUT2D eigenvalue weighted by Crippen LogP contribution is 2.42. The number of nitrogens with zero attached hydrogens (tertiary/aromatic N) is 1. The van der Waals surface area contributed by atoms with Gasteiger partial charge in [-0.3, -0.25) is 23.6 Å². The summed E-state index contributed by atoms with van der Waals surface area (Å²) in [6, 6.07) is -2.50. The summed E-state index contributed by atoms with van der Waals surface area (Å²) in [5.41, 5.74) is 5.32. The van der Waals surface area contributed by atoms with Gasteiger partial charge in [-0.2, -0.15) is 0 Å². The van der Waals surface area contributed by atoms with Crippen LogP contribution in [-0.2, 0) is 18.7 Å². The van der Waals surface area contributed by atoms with Gasteiger partial charge in [-0.15, -0.1) is 0 Å². The van der Waals surface area contributed by atoms with Gasteiger partial charge in [-0.25, -0.2) is 0 Å². The minimum absolute atomic E-state index is 0.127. The van der Waals surface area contributed by atoms with Crippen LogP contribution in [0.2, 0.25) is 0 Å². The van der Waals surface area contributed by atoms with Crippen molar-refractivity contribution in [1.29, 1.82) is 0 Å². The zero-order valence-electron chi connectivity index (χ0n) is 13.4. The minimum atomic E-state index is -4.73. The molecule has 0 bridgehead atoms. The monoisotopic (exact) mass is 456 g/mol. The van der Waals surface area contributed by atoms with Crippen molar-refractivity contribution in [3.05, 3.63) is 0 Å². The van der Waals surface area contributed by atoms with E-state index in [1.165, 1.54) is 21.6 Å². The first-order valence-electron chi connectivity index (χ1n) is 7.01. The standard InChI is InChI=1S/C10H22N2O10P2S2/c11-7(9(13)14)1-3-25-26-4-2-8(10(15)16)12(5-23(17,18)19)6-24(20,21)22/h7-8H,1-6,11H2,(H,13,14)(H,15,16)(H2,17,18,19)(H2,20,21,22)/t7-,8-/m0/s1. The van der Waals surface area contributed by atoms with Crippen molar-refractivity contribution in [1.82, 2.24) is 4.90 Å². The molecule has 12 nitrogen and oxygen atoms in total. The molecule has 0 aliphatic carbocycles. The summed E-state index contributed by atoms with van der Waals surface area (Å²) in [6.45, 7) is 0. The average Bonchev–Trinajstić information content (AvgIpc) is 2.41. The van der Waals surface area contributed by atoms with Crippen molar-refractivity contribution in [3.8, 4) is 0 Å². The molecular formula is C10H22N2O10P2S2. The average molecular weight is 456 g/mol. The van der Waals surface area contributed by atoms with Crippen LogP contribution in [-0.4, -0.2) is 82.8 Å². The van der Waals surface area contributed by atoms with Gasteiger partial charge >= 0.3 is 27.1 Å². The van der Waals surface area contributed by atoms with Gasteiger partial charge in [0.1, 0.15) is 24.7 Å². The molecule has 0 aliphatic rings. The Morgan fingerprint density at radius 1 is 0.885 bits per heavy atom. The van der Waals surface area contributed by atoms with Gasteiger partial charge in [0.2, 0.25) is 0 Å². The number of hydrogen-bond acceptors (Lipinski definition) is 8. The van der Waals surface area contributed by atoms with E-state index in [9.17, 15) is 23.8 Å². The SMILES string of the molecule is N[C@@H](CCSSCC[C@@H](C(=O)O)N(CP(=O)(O)O)CP(=O)(O)O)C(=O)O. The molecule has 0 aromatic heterocycles. The van der Waals surface area contributed by atoms with Gasteiger partial charge in [-0.05, 0) is 12.8 Å². The highest BCUT2D eigenvalue weighted by atomic mass is 33.1. The first kappa shape index (κ1) is 25.9. The third-order valence-corrected chi connectivity index (χ3v) is 6.78. The summed E-state index contributed by atoms with van der Waals surface area (Å²) < 4.78 is 22.3. The molecule has 2 atom stereocenters. The Morgan fingerprint density at radius 2 is 1.31 bits per heavy atom. The molecule has 8 N–H and O–H groups in total. The molecule has 0 rings (SSSR count). The van der Waals surface area contributed by atoms with Gasteiger partial charge in [0.05, 0.1) is 0 Å². The van der Waals surface area contributed by atoms with Crippen LogP contribution in [0.4, 0.5) is 0 Å². The zero-order valence-corrected chi connectivity index (χ0v) is 16.9. The van der Waals surface area contributed by atoms with Crippen molar-refractivity contribution >= 4 is 48.7 Å². The van der Waals surface area contributed by atoms with E-state index < -0.39 is 51.8 Å². The molecule has 26 heavy (non-hydrogen) atoms. The summed E-state index contributed by atoms with van der Waals surface area (Å²) in [6.07, 6.45) is -2.11. The lowest BCUT2D eigenvalue weighted by Crippen LogP contribution is -2.42. The highest BCUT2D eigenvalue weighted by Gasteiger charge is 2.34. The molecule has 0 fully saturated rings. The largest absolute Gasteiger partial charge is 0.480 e. The Hall–Kier alpha value is -0.140. The molecule has 0 aliphatic heterocycles. The smallest absolute Gasteiger partial charge is 0.339 e. The number of carboxylic acid groups (broad SMARTS) is 2. The van der Waals surface area contributed by atoms with Gasteiger partial charge < -0.3 is 35.5 Å². The Bertz CT molecular complexity index is 544. The molecule has 0 radical (unpaired) electrons. The predicted molar refractivity (Wildman–Crippen MR) is 96.8 cm³/mol. The van der Waals surface area contributed by atoms with Gasteiger partial charge in [0.15, 0.2) is 0 Å². The van der Waals surface area contributed by atoms with E-state index >= 15 is 0 Å². The van der Waals surface area contributed by atoms with Crippen LogP contribution in [0.25, 0.3) is 0 Å². The second kappa shape index (κ2) is 11.6. The summed E-state index contributed by atoms with van der Waals surface area (Å²) in [7, 11) is -7.03.